The molecule has 0 spiro atoms. The number of hydrogen-bond acceptors (Lipinski definition) is 7. The summed E-state index contributed by atoms with van der Waals surface area (Å²) in [7, 11) is -1.55. The lowest BCUT2D eigenvalue weighted by Crippen LogP contribution is -2.62. The van der Waals surface area contributed by atoms with Gasteiger partial charge >= 0.3 is 30.9 Å². The molecule has 12 nitrogen and oxygen atoms in total. The third-order valence-corrected chi connectivity index (χ3v) is 7.00. The lowest BCUT2D eigenvalue weighted by Gasteiger charge is -2.34. The quantitative estimate of drug-likeness (QED) is 0.292. The van der Waals surface area contributed by atoms with Crippen LogP contribution in [-0.2, 0) is 20.8 Å². The third kappa shape index (κ3) is 5.72. The summed E-state index contributed by atoms with van der Waals surface area (Å²) in [4.78, 5) is 65.2. The van der Waals surface area contributed by atoms with E-state index in [1.807, 2.05) is 0 Å². The lowest BCUT2D eigenvalue weighted by atomic mass is 9.72. The molecule has 4 N–H and O–H groups in total. The predicted molar refractivity (Wildman–Crippen MR) is 139 cm³/mol. The highest BCUT2D eigenvalue weighted by Gasteiger charge is 2.41. The summed E-state index contributed by atoms with van der Waals surface area (Å²) in [6, 6.07) is 11.4. The number of urea groups is 1. The Hall–Kier alpha value is -4.39. The molecule has 0 bridgehead atoms. The van der Waals surface area contributed by atoms with Gasteiger partial charge in [-0.3, -0.25) is 19.3 Å². The van der Waals surface area contributed by atoms with Gasteiger partial charge in [0.1, 0.15) is 11.8 Å². The maximum Gasteiger partial charge on any atom is 0.547 e. The molecule has 2 aromatic rings. The zero-order chi connectivity index (χ0) is 28.3. The first-order valence-electron chi connectivity index (χ1n) is 12.6. The second kappa shape index (κ2) is 11.6. The molecule has 13 heteroatoms. The van der Waals surface area contributed by atoms with Crippen LogP contribution in [0.15, 0.2) is 48.5 Å². The molecule has 2 aliphatic heterocycles. The van der Waals surface area contributed by atoms with Gasteiger partial charge < -0.3 is 30.3 Å². The van der Waals surface area contributed by atoms with Crippen molar-refractivity contribution in [2.45, 2.75) is 38.2 Å². The van der Waals surface area contributed by atoms with E-state index >= 15 is 0 Å². The molecule has 1 unspecified atom stereocenters. The first-order valence-corrected chi connectivity index (χ1v) is 12.6. The van der Waals surface area contributed by atoms with Gasteiger partial charge in [0.2, 0.25) is 5.91 Å². The van der Waals surface area contributed by atoms with Crippen molar-refractivity contribution >= 4 is 36.8 Å². The monoisotopic (exact) mass is 536 g/mol. The summed E-state index contributed by atoms with van der Waals surface area (Å²) >= 11 is 0. The highest BCUT2D eigenvalue weighted by Crippen LogP contribution is 2.30. The normalized spacial score (nSPS) is 18.5. The van der Waals surface area contributed by atoms with Crippen molar-refractivity contribution in [1.29, 1.82) is 0 Å². The number of carbonyl (C=O) groups excluding carboxylic acids is 4. The van der Waals surface area contributed by atoms with Gasteiger partial charge in [0.15, 0.2) is 0 Å². The number of likely N-dealkylation sites (N-methyl/N-ethyl adjacent to an activating group) is 1. The number of carboxylic acids is 1. The fraction of sp³-hybridized carbons (Fsp3) is 0.346. The summed E-state index contributed by atoms with van der Waals surface area (Å²) < 4.78 is 5.46. The van der Waals surface area contributed by atoms with E-state index in [-0.39, 0.29) is 30.8 Å². The SMILES string of the molecule is CCN1CCN(C(=O)N[C@H](C(=O)N[C@H]2Cc3cccc(C(=O)O)c3OB2O)C(C)c2ccccc2)C(=O)C1=O. The number of carbonyl (C=O) groups is 5. The Balaban J connectivity index is 1.55. The molecule has 0 saturated carbocycles. The van der Waals surface area contributed by atoms with Crippen LogP contribution in [0, 0.1) is 0 Å². The van der Waals surface area contributed by atoms with E-state index in [1.165, 1.54) is 11.0 Å². The molecule has 2 aromatic carbocycles. The summed E-state index contributed by atoms with van der Waals surface area (Å²) in [5.41, 5.74) is 1.11. The summed E-state index contributed by atoms with van der Waals surface area (Å²) in [5.74, 6) is -5.13. The molecule has 2 heterocycles. The van der Waals surface area contributed by atoms with Crippen LogP contribution in [0.2, 0.25) is 0 Å². The minimum Gasteiger partial charge on any atom is -0.534 e. The molecule has 0 radical (unpaired) electrons. The smallest absolute Gasteiger partial charge is 0.534 e. The van der Waals surface area contributed by atoms with Gasteiger partial charge in [0, 0.05) is 25.6 Å². The molecular formula is C26H29BN4O8. The number of amides is 5. The Morgan fingerprint density at radius 1 is 1.08 bits per heavy atom. The number of rotatable bonds is 7. The van der Waals surface area contributed by atoms with E-state index in [0.29, 0.717) is 12.1 Å². The fourth-order valence-electron chi connectivity index (χ4n) is 4.74. The number of benzene rings is 2. The Morgan fingerprint density at radius 3 is 2.46 bits per heavy atom. The number of nitrogens with one attached hydrogen (secondary N) is 2. The molecule has 5 amide bonds. The highest BCUT2D eigenvalue weighted by atomic mass is 16.5. The highest BCUT2D eigenvalue weighted by molar-refractivity contribution is 6.47. The van der Waals surface area contributed by atoms with E-state index < -0.39 is 54.7 Å². The Bertz CT molecular complexity index is 1290. The number of aromatic carboxylic acids is 1. The second-order valence-corrected chi connectivity index (χ2v) is 9.39. The van der Waals surface area contributed by atoms with Crippen molar-refractivity contribution in [3.8, 4) is 5.75 Å². The molecule has 3 atom stereocenters. The third-order valence-electron chi connectivity index (χ3n) is 7.00. The molecule has 0 aliphatic carbocycles. The van der Waals surface area contributed by atoms with Gasteiger partial charge in [-0.15, -0.1) is 0 Å². The van der Waals surface area contributed by atoms with Crippen LogP contribution in [0.4, 0.5) is 4.79 Å². The van der Waals surface area contributed by atoms with Crippen LogP contribution in [-0.4, -0.2) is 88.4 Å². The topological polar surface area (TPSA) is 166 Å². The minimum atomic E-state index is -1.55. The van der Waals surface area contributed by atoms with Gasteiger partial charge in [-0.05, 0) is 30.5 Å². The van der Waals surface area contributed by atoms with Crippen LogP contribution in [0.25, 0.3) is 0 Å². The average Bonchev–Trinajstić information content (AvgIpc) is 2.93. The van der Waals surface area contributed by atoms with Gasteiger partial charge in [-0.2, -0.15) is 0 Å². The number of hydrogen-bond donors (Lipinski definition) is 4. The number of carboxylic acid groups (broad SMARTS) is 1. The van der Waals surface area contributed by atoms with Crippen molar-refractivity contribution in [3.05, 3.63) is 65.2 Å². The number of nitrogens with zero attached hydrogens (tertiary/aromatic N) is 2. The van der Waals surface area contributed by atoms with Crippen molar-refractivity contribution < 1.29 is 38.8 Å². The van der Waals surface area contributed by atoms with Gasteiger partial charge in [-0.25, -0.2) is 9.59 Å². The first-order chi connectivity index (χ1) is 18.6. The van der Waals surface area contributed by atoms with Crippen molar-refractivity contribution in [2.24, 2.45) is 0 Å². The zero-order valence-electron chi connectivity index (χ0n) is 21.5. The van der Waals surface area contributed by atoms with E-state index in [2.05, 4.69) is 10.6 Å². The van der Waals surface area contributed by atoms with E-state index in [9.17, 15) is 34.1 Å². The van der Waals surface area contributed by atoms with Gasteiger partial charge in [0.25, 0.3) is 0 Å². The average molecular weight is 536 g/mol. The van der Waals surface area contributed by atoms with Crippen LogP contribution in [0.3, 0.4) is 0 Å². The molecule has 2 aliphatic rings. The summed E-state index contributed by atoms with van der Waals surface area (Å²) in [6.45, 7) is 3.95. The maximum absolute atomic E-state index is 13.6. The minimum absolute atomic E-state index is 0.0177. The van der Waals surface area contributed by atoms with Gasteiger partial charge in [-0.1, -0.05) is 49.4 Å². The molecule has 39 heavy (non-hydrogen) atoms. The number of fused-ring (bicyclic) bond motifs is 1. The molecular weight excluding hydrogens is 507 g/mol. The number of piperazine rings is 1. The Labute approximate surface area is 225 Å². The Kier molecular flexibility index (Phi) is 8.19. The predicted octanol–water partition coefficient (Wildman–Crippen LogP) is 0.397. The number of para-hydroxylation sites is 1. The van der Waals surface area contributed by atoms with Crippen molar-refractivity contribution in [2.75, 3.05) is 19.6 Å². The molecule has 4 rings (SSSR count). The van der Waals surface area contributed by atoms with Crippen molar-refractivity contribution in [3.63, 3.8) is 0 Å². The number of imide groups is 1. The zero-order valence-corrected chi connectivity index (χ0v) is 21.5. The summed E-state index contributed by atoms with van der Waals surface area (Å²) in [5, 5.41) is 25.3. The van der Waals surface area contributed by atoms with Crippen LogP contribution in [0.1, 0.15) is 41.3 Å². The Morgan fingerprint density at radius 2 is 1.79 bits per heavy atom. The van der Waals surface area contributed by atoms with Crippen LogP contribution in [0.5, 0.6) is 5.75 Å². The standard InChI is InChI=1S/C26H29BN4O8/c1-3-30-12-13-31(24(34)23(30)33)26(37)29-20(15(2)16-8-5-4-6-9-16)22(32)28-19-14-17-10-7-11-18(25(35)36)21(17)39-27(19)38/h4-11,15,19-20,38H,3,12-14H2,1-2H3,(H,28,32)(H,29,37)(H,35,36)/t15?,19-,20-/m0/s1. The van der Waals surface area contributed by atoms with E-state index in [4.69, 9.17) is 4.65 Å². The van der Waals surface area contributed by atoms with Crippen LogP contribution < -0.4 is 15.3 Å². The van der Waals surface area contributed by atoms with Crippen LogP contribution >= 0.6 is 0 Å². The van der Waals surface area contributed by atoms with Crippen molar-refractivity contribution in [1.82, 2.24) is 20.4 Å². The largest absolute Gasteiger partial charge is 0.547 e. The molecule has 0 aromatic heterocycles. The van der Waals surface area contributed by atoms with E-state index in [1.54, 1.807) is 56.3 Å². The summed E-state index contributed by atoms with van der Waals surface area (Å²) in [6.07, 6.45) is 0.0791. The fourth-order valence-corrected chi connectivity index (χ4v) is 4.74. The molecule has 1 fully saturated rings. The second-order valence-electron chi connectivity index (χ2n) is 9.39. The van der Waals surface area contributed by atoms with E-state index in [0.717, 1.165) is 10.5 Å². The molecule has 1 saturated heterocycles. The molecule has 204 valence electrons. The lowest BCUT2D eigenvalue weighted by molar-refractivity contribution is -0.153. The first kappa shape index (κ1) is 27.6. The maximum atomic E-state index is 13.6. The van der Waals surface area contributed by atoms with Gasteiger partial charge in [0.05, 0.1) is 11.5 Å².